The second-order valence-corrected chi connectivity index (χ2v) is 8.03. The van der Waals surface area contributed by atoms with Gasteiger partial charge in [-0.1, -0.05) is 53.4 Å². The normalized spacial score (nSPS) is 12.1. The topological polar surface area (TPSA) is 42.0 Å². The molecular formula is C19H12F6N2OS2. The first-order valence-corrected chi connectivity index (χ1v) is 10.2. The van der Waals surface area contributed by atoms with Crippen molar-refractivity contribution in [2.45, 2.75) is 16.7 Å². The zero-order chi connectivity index (χ0) is 22.1. The molecule has 0 aliphatic heterocycles. The standard InChI is InChI=1S/C19H12F6N2OS2/c1-29-17-26-14(10-5-3-2-4-6-10)16(30-17)27-15(28)11-7-12(18(20,21)22)9-13(8-11)19(23,24)25/h2-9H,1H3,(H,27,28). The molecule has 1 heterocycles. The molecule has 3 aromatic rings. The number of thiazole rings is 1. The SMILES string of the molecule is CSc1nc(-c2ccccc2)c(NC(=O)c2cc(C(F)(F)F)cc(C(F)(F)F)c2)s1. The number of halogens is 6. The molecule has 0 atom stereocenters. The number of nitrogens with zero attached hydrogens (tertiary/aromatic N) is 1. The molecule has 3 rings (SSSR count). The number of benzene rings is 2. The van der Waals surface area contributed by atoms with Gasteiger partial charge < -0.3 is 5.32 Å². The highest BCUT2D eigenvalue weighted by Crippen LogP contribution is 2.39. The lowest BCUT2D eigenvalue weighted by atomic mass is 10.0. The van der Waals surface area contributed by atoms with E-state index in [2.05, 4.69) is 10.3 Å². The van der Waals surface area contributed by atoms with Gasteiger partial charge in [-0.2, -0.15) is 26.3 Å². The minimum Gasteiger partial charge on any atom is -0.312 e. The molecule has 0 bridgehead atoms. The zero-order valence-electron chi connectivity index (χ0n) is 15.1. The molecule has 0 spiro atoms. The van der Waals surface area contributed by atoms with Gasteiger partial charge in [0.05, 0.1) is 11.1 Å². The number of anilines is 1. The summed E-state index contributed by atoms with van der Waals surface area (Å²) < 4.78 is 78.9. The van der Waals surface area contributed by atoms with Gasteiger partial charge >= 0.3 is 12.4 Å². The number of thioether (sulfide) groups is 1. The van der Waals surface area contributed by atoms with E-state index in [0.29, 0.717) is 27.7 Å². The average molecular weight is 462 g/mol. The summed E-state index contributed by atoms with van der Waals surface area (Å²) in [6.07, 6.45) is -8.33. The van der Waals surface area contributed by atoms with Gasteiger partial charge in [0.1, 0.15) is 10.7 Å². The van der Waals surface area contributed by atoms with E-state index >= 15 is 0 Å². The number of carbonyl (C=O) groups is 1. The fraction of sp³-hybridized carbons (Fsp3) is 0.158. The number of alkyl halides is 6. The molecule has 11 heteroatoms. The van der Waals surface area contributed by atoms with Gasteiger partial charge in [-0.25, -0.2) is 4.98 Å². The highest BCUT2D eigenvalue weighted by Gasteiger charge is 2.37. The van der Waals surface area contributed by atoms with Crippen LogP contribution in [0.3, 0.4) is 0 Å². The maximum Gasteiger partial charge on any atom is 0.416 e. The van der Waals surface area contributed by atoms with Crippen molar-refractivity contribution in [3.8, 4) is 11.3 Å². The molecule has 158 valence electrons. The van der Waals surface area contributed by atoms with Crippen LogP contribution in [0.4, 0.5) is 31.3 Å². The summed E-state index contributed by atoms with van der Waals surface area (Å²) >= 11 is 2.36. The van der Waals surface area contributed by atoms with Gasteiger partial charge in [0, 0.05) is 11.1 Å². The van der Waals surface area contributed by atoms with Crippen LogP contribution in [0.2, 0.25) is 0 Å². The number of hydrogen-bond acceptors (Lipinski definition) is 4. The van der Waals surface area contributed by atoms with Crippen LogP contribution in [0.5, 0.6) is 0 Å². The van der Waals surface area contributed by atoms with E-state index in [1.807, 2.05) is 0 Å². The van der Waals surface area contributed by atoms with Crippen LogP contribution >= 0.6 is 23.1 Å². The number of amides is 1. The Hall–Kier alpha value is -2.53. The Morgan fingerprint density at radius 2 is 1.53 bits per heavy atom. The van der Waals surface area contributed by atoms with Crippen LogP contribution in [-0.4, -0.2) is 17.1 Å². The summed E-state index contributed by atoms with van der Waals surface area (Å²) in [5.74, 6) is -1.10. The summed E-state index contributed by atoms with van der Waals surface area (Å²) in [4.78, 5) is 16.9. The Morgan fingerprint density at radius 3 is 2.03 bits per heavy atom. The zero-order valence-corrected chi connectivity index (χ0v) is 16.7. The van der Waals surface area contributed by atoms with Gasteiger partial charge in [-0.15, -0.1) is 0 Å². The number of nitrogens with one attached hydrogen (secondary N) is 1. The van der Waals surface area contributed by atoms with Crippen molar-refractivity contribution in [3.63, 3.8) is 0 Å². The summed E-state index contributed by atoms with van der Waals surface area (Å²) in [6.45, 7) is 0. The molecule has 1 amide bonds. The predicted molar refractivity (Wildman–Crippen MR) is 104 cm³/mol. The second-order valence-electron chi connectivity index (χ2n) is 5.98. The number of hydrogen-bond donors (Lipinski definition) is 1. The van der Waals surface area contributed by atoms with Crippen LogP contribution in [0.25, 0.3) is 11.3 Å². The van der Waals surface area contributed by atoms with Crippen LogP contribution in [0.15, 0.2) is 52.9 Å². The largest absolute Gasteiger partial charge is 0.416 e. The minimum absolute atomic E-state index is 0.0231. The van der Waals surface area contributed by atoms with Crippen LogP contribution in [-0.2, 0) is 12.4 Å². The first-order valence-electron chi connectivity index (χ1n) is 8.20. The molecule has 3 nitrogen and oxygen atoms in total. The van der Waals surface area contributed by atoms with Crippen molar-refractivity contribution in [1.29, 1.82) is 0 Å². The van der Waals surface area contributed by atoms with E-state index < -0.39 is 35.0 Å². The van der Waals surface area contributed by atoms with Gasteiger partial charge in [-0.05, 0) is 24.5 Å². The lowest BCUT2D eigenvalue weighted by Crippen LogP contribution is -2.17. The van der Waals surface area contributed by atoms with Crippen molar-refractivity contribution < 1.29 is 31.1 Å². The smallest absolute Gasteiger partial charge is 0.312 e. The Kier molecular flexibility index (Phi) is 6.14. The monoisotopic (exact) mass is 462 g/mol. The molecule has 0 aliphatic rings. The van der Waals surface area contributed by atoms with E-state index in [1.54, 1.807) is 36.6 Å². The fourth-order valence-corrected chi connectivity index (χ4v) is 4.01. The van der Waals surface area contributed by atoms with Crippen LogP contribution in [0, 0.1) is 0 Å². The van der Waals surface area contributed by atoms with E-state index in [9.17, 15) is 31.1 Å². The van der Waals surface area contributed by atoms with Crippen molar-refractivity contribution in [2.24, 2.45) is 0 Å². The lowest BCUT2D eigenvalue weighted by molar-refractivity contribution is -0.143. The summed E-state index contributed by atoms with van der Waals surface area (Å²) in [7, 11) is 0. The molecule has 30 heavy (non-hydrogen) atoms. The van der Waals surface area contributed by atoms with Crippen LogP contribution < -0.4 is 5.32 Å². The summed E-state index contributed by atoms with van der Waals surface area (Å²) in [5, 5.41) is 2.63. The molecule has 0 unspecified atom stereocenters. The number of rotatable bonds is 4. The lowest BCUT2D eigenvalue weighted by Gasteiger charge is -2.14. The molecular weight excluding hydrogens is 450 g/mol. The third-order valence-electron chi connectivity index (χ3n) is 3.91. The Labute approximate surface area is 175 Å². The molecule has 1 N–H and O–H groups in total. The maximum absolute atomic E-state index is 13.1. The molecule has 2 aromatic carbocycles. The summed E-state index contributed by atoms with van der Waals surface area (Å²) in [5.41, 5.74) is -2.85. The first kappa shape index (κ1) is 22.2. The Bertz CT molecular complexity index is 1030. The molecule has 1 aromatic heterocycles. The average Bonchev–Trinajstić information content (AvgIpc) is 3.10. The summed E-state index contributed by atoms with van der Waals surface area (Å²) in [6, 6.07) is 9.45. The van der Waals surface area contributed by atoms with E-state index in [-0.39, 0.29) is 11.1 Å². The minimum atomic E-state index is -5.04. The van der Waals surface area contributed by atoms with Crippen molar-refractivity contribution >= 4 is 34.0 Å². The van der Waals surface area contributed by atoms with Crippen molar-refractivity contribution in [3.05, 3.63) is 65.2 Å². The molecule has 0 aliphatic carbocycles. The fourth-order valence-electron chi connectivity index (χ4n) is 2.53. The Balaban J connectivity index is 2.02. The molecule has 0 saturated carbocycles. The van der Waals surface area contributed by atoms with E-state index in [4.69, 9.17) is 0 Å². The first-order chi connectivity index (χ1) is 14.0. The third kappa shape index (κ3) is 4.96. The molecule has 0 saturated heterocycles. The van der Waals surface area contributed by atoms with Crippen molar-refractivity contribution in [1.82, 2.24) is 4.98 Å². The highest BCUT2D eigenvalue weighted by atomic mass is 32.2. The van der Waals surface area contributed by atoms with Gasteiger partial charge in [0.2, 0.25) is 0 Å². The van der Waals surface area contributed by atoms with Crippen molar-refractivity contribution in [2.75, 3.05) is 11.6 Å². The number of carbonyl (C=O) groups excluding carboxylic acids is 1. The Morgan fingerprint density at radius 1 is 0.967 bits per heavy atom. The third-order valence-corrected chi connectivity index (χ3v) is 5.86. The van der Waals surface area contributed by atoms with Gasteiger partial charge in [0.15, 0.2) is 4.34 Å². The second kappa shape index (κ2) is 8.31. The van der Waals surface area contributed by atoms with Gasteiger partial charge in [0.25, 0.3) is 5.91 Å². The van der Waals surface area contributed by atoms with Crippen LogP contribution in [0.1, 0.15) is 21.5 Å². The highest BCUT2D eigenvalue weighted by molar-refractivity contribution is 8.00. The molecule has 0 fully saturated rings. The predicted octanol–water partition coefficient (Wildman–Crippen LogP) is 6.82. The quantitative estimate of drug-likeness (QED) is 0.342. The van der Waals surface area contributed by atoms with E-state index in [1.165, 1.54) is 11.8 Å². The van der Waals surface area contributed by atoms with E-state index in [0.717, 1.165) is 11.3 Å². The number of aromatic nitrogens is 1. The van der Waals surface area contributed by atoms with Gasteiger partial charge in [-0.3, -0.25) is 4.79 Å². The molecule has 0 radical (unpaired) electrons. The maximum atomic E-state index is 13.1.